The molecule has 0 aliphatic heterocycles. The fourth-order valence-corrected chi connectivity index (χ4v) is 3.70. The zero-order chi connectivity index (χ0) is 17.5. The Hall–Kier alpha value is -2.21. The number of fused-ring (bicyclic) bond motifs is 1. The average molecular weight is 344 g/mol. The summed E-state index contributed by atoms with van der Waals surface area (Å²) in [6.07, 6.45) is 3.34. The maximum absolute atomic E-state index is 12.5. The summed E-state index contributed by atoms with van der Waals surface area (Å²) in [6.45, 7) is 4.15. The van der Waals surface area contributed by atoms with Crippen LogP contribution < -0.4 is 5.32 Å². The van der Waals surface area contributed by atoms with Crippen molar-refractivity contribution in [3.8, 4) is 0 Å². The van der Waals surface area contributed by atoms with Gasteiger partial charge in [0.15, 0.2) is 14.9 Å². The minimum Gasteiger partial charge on any atom is -0.345 e. The number of rotatable bonds is 3. The van der Waals surface area contributed by atoms with Crippen LogP contribution >= 0.6 is 0 Å². The van der Waals surface area contributed by atoms with Crippen LogP contribution in [0.3, 0.4) is 0 Å². The van der Waals surface area contributed by atoms with Gasteiger partial charge in [0, 0.05) is 12.5 Å². The van der Waals surface area contributed by atoms with Crippen molar-refractivity contribution in [2.45, 2.75) is 31.3 Å². The Balaban J connectivity index is 1.82. The third kappa shape index (κ3) is 3.19. The van der Waals surface area contributed by atoms with Crippen molar-refractivity contribution in [2.24, 2.45) is 5.92 Å². The van der Waals surface area contributed by atoms with Gasteiger partial charge in [0.05, 0.1) is 11.6 Å². The monoisotopic (exact) mass is 344 g/mol. The molecule has 0 fully saturated rings. The van der Waals surface area contributed by atoms with E-state index in [4.69, 9.17) is 0 Å². The number of aromatic nitrogens is 1. The molecular formula is C18H20N2O3S. The summed E-state index contributed by atoms with van der Waals surface area (Å²) in [5.74, 6) is 0.0720. The zero-order valence-corrected chi connectivity index (χ0v) is 14.7. The normalized spacial score (nSPS) is 19.8. The van der Waals surface area contributed by atoms with Crippen LogP contribution in [-0.2, 0) is 16.3 Å². The fraction of sp³-hybridized carbons (Fsp3) is 0.333. The van der Waals surface area contributed by atoms with Gasteiger partial charge in [0.2, 0.25) is 0 Å². The molecule has 2 atom stereocenters. The molecule has 1 aliphatic rings. The lowest BCUT2D eigenvalue weighted by Crippen LogP contribution is -2.30. The summed E-state index contributed by atoms with van der Waals surface area (Å²) in [5, 5.41) is 3.03. The zero-order valence-electron chi connectivity index (χ0n) is 13.9. The largest absolute Gasteiger partial charge is 0.345 e. The summed E-state index contributed by atoms with van der Waals surface area (Å²) in [6, 6.07) is 9.14. The Morgan fingerprint density at radius 3 is 2.62 bits per heavy atom. The van der Waals surface area contributed by atoms with Crippen LogP contribution in [0.4, 0.5) is 0 Å². The first-order valence-electron chi connectivity index (χ1n) is 7.82. The van der Waals surface area contributed by atoms with Crippen molar-refractivity contribution in [3.63, 3.8) is 0 Å². The SMILES string of the molecule is Cc1ccc2c(c1)[C@@H](NC(=O)c1ccc(S(C)(=O)=O)nc1)[C@H](C)C2. The Bertz CT molecular complexity index is 889. The van der Waals surface area contributed by atoms with Crippen LogP contribution in [0.15, 0.2) is 41.6 Å². The smallest absolute Gasteiger partial charge is 0.253 e. The number of sulfone groups is 1. The second kappa shape index (κ2) is 6.02. The number of carbonyl (C=O) groups excluding carboxylic acids is 1. The van der Waals surface area contributed by atoms with E-state index in [1.165, 1.54) is 29.5 Å². The van der Waals surface area contributed by atoms with Crippen molar-refractivity contribution in [2.75, 3.05) is 6.26 Å². The third-order valence-electron chi connectivity index (χ3n) is 4.41. The quantitative estimate of drug-likeness (QED) is 0.928. The number of nitrogens with one attached hydrogen (secondary N) is 1. The van der Waals surface area contributed by atoms with Crippen LogP contribution in [0, 0.1) is 12.8 Å². The topological polar surface area (TPSA) is 76.1 Å². The van der Waals surface area contributed by atoms with Crippen molar-refractivity contribution >= 4 is 15.7 Å². The third-order valence-corrected chi connectivity index (χ3v) is 5.41. The van der Waals surface area contributed by atoms with E-state index in [0.29, 0.717) is 11.5 Å². The van der Waals surface area contributed by atoms with Gasteiger partial charge in [-0.3, -0.25) is 4.79 Å². The van der Waals surface area contributed by atoms with E-state index in [9.17, 15) is 13.2 Å². The van der Waals surface area contributed by atoms with Gasteiger partial charge in [0.25, 0.3) is 5.91 Å². The van der Waals surface area contributed by atoms with Crippen molar-refractivity contribution in [1.29, 1.82) is 0 Å². The molecule has 126 valence electrons. The molecule has 0 saturated carbocycles. The molecule has 5 nitrogen and oxygen atoms in total. The number of hydrogen-bond acceptors (Lipinski definition) is 4. The number of nitrogens with zero attached hydrogens (tertiary/aromatic N) is 1. The van der Waals surface area contributed by atoms with E-state index in [0.717, 1.165) is 18.2 Å². The van der Waals surface area contributed by atoms with E-state index in [2.05, 4.69) is 35.4 Å². The standard InChI is InChI=1S/C18H20N2O3S/c1-11-4-5-13-9-12(2)17(15(13)8-11)20-18(21)14-6-7-16(19-10-14)24(3,22)23/h4-8,10,12,17H,9H2,1-3H3,(H,20,21)/t12-,17+/m1/s1. The molecule has 0 radical (unpaired) electrons. The highest BCUT2D eigenvalue weighted by atomic mass is 32.2. The van der Waals surface area contributed by atoms with Crippen LogP contribution in [0.5, 0.6) is 0 Å². The van der Waals surface area contributed by atoms with Crippen LogP contribution in [0.25, 0.3) is 0 Å². The number of hydrogen-bond donors (Lipinski definition) is 1. The second-order valence-corrected chi connectivity index (χ2v) is 8.45. The van der Waals surface area contributed by atoms with Crippen LogP contribution in [0.2, 0.25) is 0 Å². The first-order valence-corrected chi connectivity index (χ1v) is 9.71. The first-order chi connectivity index (χ1) is 11.3. The highest BCUT2D eigenvalue weighted by molar-refractivity contribution is 7.90. The molecule has 1 aromatic carbocycles. The molecule has 0 bridgehead atoms. The fourth-order valence-electron chi connectivity index (χ4n) is 3.14. The van der Waals surface area contributed by atoms with Crippen molar-refractivity contribution in [3.05, 3.63) is 58.8 Å². The van der Waals surface area contributed by atoms with Gasteiger partial charge in [-0.15, -0.1) is 0 Å². The van der Waals surface area contributed by atoms with Gasteiger partial charge in [0.1, 0.15) is 0 Å². The molecule has 1 aliphatic carbocycles. The van der Waals surface area contributed by atoms with Crippen molar-refractivity contribution in [1.82, 2.24) is 10.3 Å². The molecule has 1 N–H and O–H groups in total. The lowest BCUT2D eigenvalue weighted by molar-refractivity contribution is 0.0926. The predicted molar refractivity (Wildman–Crippen MR) is 91.6 cm³/mol. The van der Waals surface area contributed by atoms with Gasteiger partial charge < -0.3 is 5.32 Å². The summed E-state index contributed by atoms with van der Waals surface area (Å²) >= 11 is 0. The molecule has 1 heterocycles. The van der Waals surface area contributed by atoms with Gasteiger partial charge >= 0.3 is 0 Å². The summed E-state index contributed by atoms with van der Waals surface area (Å²) < 4.78 is 22.9. The molecule has 0 spiro atoms. The lowest BCUT2D eigenvalue weighted by Gasteiger charge is -2.19. The maximum atomic E-state index is 12.5. The Kier molecular flexibility index (Phi) is 4.17. The summed E-state index contributed by atoms with van der Waals surface area (Å²) in [4.78, 5) is 16.4. The first kappa shape index (κ1) is 16.6. The number of benzene rings is 1. The molecule has 2 aromatic rings. The summed E-state index contributed by atoms with van der Waals surface area (Å²) in [5.41, 5.74) is 3.96. The Labute approximate surface area is 142 Å². The van der Waals surface area contributed by atoms with E-state index in [-0.39, 0.29) is 17.0 Å². The molecule has 24 heavy (non-hydrogen) atoms. The molecule has 1 amide bonds. The van der Waals surface area contributed by atoms with E-state index < -0.39 is 9.84 Å². The van der Waals surface area contributed by atoms with Gasteiger partial charge in [-0.05, 0) is 42.5 Å². The maximum Gasteiger partial charge on any atom is 0.253 e. The highest BCUT2D eigenvalue weighted by Crippen LogP contribution is 2.36. The molecule has 6 heteroatoms. The minimum atomic E-state index is -3.36. The Morgan fingerprint density at radius 1 is 1.25 bits per heavy atom. The van der Waals surface area contributed by atoms with Gasteiger partial charge in [-0.1, -0.05) is 30.7 Å². The molecule has 0 saturated heterocycles. The molecule has 0 unspecified atom stereocenters. The second-order valence-electron chi connectivity index (χ2n) is 6.49. The van der Waals surface area contributed by atoms with Gasteiger partial charge in [-0.2, -0.15) is 0 Å². The highest BCUT2D eigenvalue weighted by Gasteiger charge is 2.30. The van der Waals surface area contributed by atoms with E-state index >= 15 is 0 Å². The van der Waals surface area contributed by atoms with E-state index in [1.54, 1.807) is 0 Å². The molecular weight excluding hydrogens is 324 g/mol. The number of amides is 1. The van der Waals surface area contributed by atoms with E-state index in [1.807, 2.05) is 6.92 Å². The van der Waals surface area contributed by atoms with Gasteiger partial charge in [-0.25, -0.2) is 13.4 Å². The summed E-state index contributed by atoms with van der Waals surface area (Å²) in [7, 11) is -3.36. The van der Waals surface area contributed by atoms with Crippen LogP contribution in [0.1, 0.15) is 40.0 Å². The van der Waals surface area contributed by atoms with Crippen molar-refractivity contribution < 1.29 is 13.2 Å². The Morgan fingerprint density at radius 2 is 2.00 bits per heavy atom. The number of carbonyl (C=O) groups is 1. The predicted octanol–water partition coefficient (Wildman–Crippen LogP) is 2.46. The lowest BCUT2D eigenvalue weighted by atomic mass is 10.0. The van der Waals surface area contributed by atoms with Crippen LogP contribution in [-0.4, -0.2) is 25.6 Å². The minimum absolute atomic E-state index is 0.0331. The number of pyridine rings is 1. The molecule has 1 aromatic heterocycles. The molecule has 3 rings (SSSR count). The number of aryl methyl sites for hydroxylation is 1. The average Bonchev–Trinajstić information content (AvgIpc) is 2.82.